The van der Waals surface area contributed by atoms with Crippen LogP contribution in [-0.2, 0) is 14.4 Å². The molecule has 0 heterocycles. The third kappa shape index (κ3) is 54.8. The van der Waals surface area contributed by atoms with Crippen LogP contribution >= 0.6 is 0 Å². The van der Waals surface area contributed by atoms with E-state index in [-0.39, 0.29) is 123 Å². The number of aldehydes is 2. The van der Waals surface area contributed by atoms with Gasteiger partial charge in [0, 0.05) is 0 Å². The largest absolute Gasteiger partial charge is 1.00 e. The summed E-state index contributed by atoms with van der Waals surface area (Å²) in [5.41, 5.74) is 0. The third-order valence-corrected chi connectivity index (χ3v) is 0.368. The van der Waals surface area contributed by atoms with Crippen molar-refractivity contribution in [3.63, 3.8) is 0 Å². The standard InChI is InChI=1S/C3H5O2.C3H3O2.CH4.2K/c2*4-2-1-3-5;;;/h2-4H,1H2;2H,1H2;1H4;;/q2*-1;;2*+1. The van der Waals surface area contributed by atoms with Crippen molar-refractivity contribution in [2.75, 3.05) is 0 Å². The van der Waals surface area contributed by atoms with Gasteiger partial charge in [0.15, 0.2) is 0 Å². The van der Waals surface area contributed by atoms with E-state index in [0.29, 0.717) is 12.6 Å². The molecule has 0 amide bonds. The fraction of sp³-hybridized carbons (Fsp3) is 0.429. The molecule has 6 heteroatoms. The molecule has 0 aromatic heterocycles. The smallest absolute Gasteiger partial charge is 0.565 e. The van der Waals surface area contributed by atoms with Gasteiger partial charge >= 0.3 is 103 Å². The summed E-state index contributed by atoms with van der Waals surface area (Å²) in [5.74, 6) is 0. The van der Waals surface area contributed by atoms with E-state index in [0.717, 1.165) is 6.61 Å². The molecule has 0 unspecified atom stereocenters. The van der Waals surface area contributed by atoms with Crippen molar-refractivity contribution >= 4 is 18.9 Å². The van der Waals surface area contributed by atoms with Crippen LogP contribution in [0.3, 0.4) is 0 Å². The Hall–Kier alpha value is 2.24. The Labute approximate surface area is 164 Å². The maximum absolute atomic E-state index is 9.21. The number of hydrogen-bond donors (Lipinski definition) is 1. The summed E-state index contributed by atoms with van der Waals surface area (Å²) in [6, 6.07) is 0. The fourth-order valence-corrected chi connectivity index (χ4v) is 0.0771. The van der Waals surface area contributed by atoms with Gasteiger partial charge in [-0.25, -0.2) is 6.61 Å². The van der Waals surface area contributed by atoms with Crippen LogP contribution in [0.2, 0.25) is 0 Å². The Morgan fingerprint density at radius 1 is 1.23 bits per heavy atom. The number of aliphatic hydroxyl groups is 1. The van der Waals surface area contributed by atoms with Gasteiger partial charge in [-0.2, -0.15) is 0 Å². The first-order chi connectivity index (χ1) is 4.83. The number of aliphatic hydroxyl groups excluding tert-OH is 1. The summed E-state index contributed by atoms with van der Waals surface area (Å²) in [4.78, 5) is 27.4. The minimum atomic E-state index is -0.0972. The third-order valence-electron chi connectivity index (χ3n) is 0.368. The number of rotatable bonds is 4. The molecule has 0 aliphatic heterocycles. The average Bonchev–Trinajstić information content (AvgIpc) is 1.93. The van der Waals surface area contributed by atoms with Crippen molar-refractivity contribution in [1.29, 1.82) is 0 Å². The second-order valence-electron chi connectivity index (χ2n) is 1.10. The fourth-order valence-electron chi connectivity index (χ4n) is 0.0771. The molecule has 0 aromatic rings. The molecule has 0 radical (unpaired) electrons. The van der Waals surface area contributed by atoms with E-state index in [1.807, 2.05) is 0 Å². The van der Waals surface area contributed by atoms with Crippen LogP contribution in [0.15, 0.2) is 0 Å². The van der Waals surface area contributed by atoms with Crippen LogP contribution in [0.5, 0.6) is 0 Å². The van der Waals surface area contributed by atoms with Gasteiger partial charge in [0.25, 0.3) is 0 Å². The molecular weight excluding hydrogens is 226 g/mol. The number of carbonyl (C=O) groups excluding carboxylic acids is 3. The van der Waals surface area contributed by atoms with Crippen molar-refractivity contribution in [2.24, 2.45) is 0 Å². The molecule has 1 N–H and O–H groups in total. The molecule has 0 aliphatic rings. The van der Waals surface area contributed by atoms with Gasteiger partial charge in [-0.3, -0.25) is 6.29 Å². The van der Waals surface area contributed by atoms with Gasteiger partial charge in [0.1, 0.15) is 0 Å². The average molecular weight is 238 g/mol. The summed E-state index contributed by atoms with van der Waals surface area (Å²) in [5, 5.41) is 7.71. The molecule has 0 spiro atoms. The molecule has 0 fully saturated rings. The zero-order valence-corrected chi connectivity index (χ0v) is 13.6. The second kappa shape index (κ2) is 36.8. The second-order valence-corrected chi connectivity index (χ2v) is 1.10. The van der Waals surface area contributed by atoms with E-state index in [2.05, 4.69) is 0 Å². The minimum absolute atomic E-state index is 0. The predicted octanol–water partition coefficient (Wildman–Crippen LogP) is -5.56. The molecule has 13 heavy (non-hydrogen) atoms. The Morgan fingerprint density at radius 3 is 1.69 bits per heavy atom. The van der Waals surface area contributed by atoms with Gasteiger partial charge in [0.2, 0.25) is 0 Å². The van der Waals surface area contributed by atoms with Crippen molar-refractivity contribution in [2.45, 2.75) is 20.3 Å². The van der Waals surface area contributed by atoms with Crippen molar-refractivity contribution < 1.29 is 122 Å². The van der Waals surface area contributed by atoms with Crippen LogP contribution < -0.4 is 103 Å². The maximum Gasteiger partial charge on any atom is 1.00 e. The first kappa shape index (κ1) is 29.5. The molecule has 0 aromatic carbocycles. The molecule has 66 valence electrons. The topological polar surface area (TPSA) is 71.4 Å². The van der Waals surface area contributed by atoms with Gasteiger partial charge < -0.3 is 19.5 Å². The molecule has 0 bridgehead atoms. The minimum Gasteiger partial charge on any atom is -0.565 e. The molecular formula is C7H12K2O4. The van der Waals surface area contributed by atoms with E-state index in [1.54, 1.807) is 0 Å². The van der Waals surface area contributed by atoms with Crippen molar-refractivity contribution in [3.05, 3.63) is 6.61 Å². The van der Waals surface area contributed by atoms with E-state index in [9.17, 15) is 4.79 Å². The van der Waals surface area contributed by atoms with Crippen LogP contribution in [0.1, 0.15) is 20.3 Å². The van der Waals surface area contributed by atoms with E-state index < -0.39 is 0 Å². The first-order valence-electron chi connectivity index (χ1n) is 2.51. The quantitative estimate of drug-likeness (QED) is 0.229. The van der Waals surface area contributed by atoms with Crippen LogP contribution in [0.4, 0.5) is 0 Å². The SMILES string of the molecule is C.O=CC[CH-]O.O=[C-]CC=O.[K+].[K+]. The van der Waals surface area contributed by atoms with E-state index in [1.165, 1.54) is 6.29 Å². The molecule has 4 nitrogen and oxygen atoms in total. The number of hydrogen-bond acceptors (Lipinski definition) is 4. The van der Waals surface area contributed by atoms with Crippen LogP contribution in [-0.4, -0.2) is 24.0 Å². The Balaban J connectivity index is -0.0000000267. The Kier molecular flexibility index (Phi) is 83.3. The monoisotopic (exact) mass is 238 g/mol. The van der Waals surface area contributed by atoms with Crippen LogP contribution in [0, 0.1) is 6.61 Å². The van der Waals surface area contributed by atoms with Gasteiger partial charge in [-0.05, 0) is 0 Å². The summed E-state index contributed by atoms with van der Waals surface area (Å²) >= 11 is 0. The Morgan fingerprint density at radius 2 is 1.69 bits per heavy atom. The summed E-state index contributed by atoms with van der Waals surface area (Å²) in [6.45, 7) is 0.812. The molecule has 0 atom stereocenters. The molecule has 0 saturated carbocycles. The Bertz CT molecular complexity index is 92.5. The maximum atomic E-state index is 9.21. The number of carbonyl (C=O) groups is 2. The van der Waals surface area contributed by atoms with Crippen LogP contribution in [0.25, 0.3) is 0 Å². The normalized spacial score (nSPS) is 5.31. The summed E-state index contributed by atoms with van der Waals surface area (Å²) < 4.78 is 0. The zero-order valence-electron chi connectivity index (χ0n) is 7.32. The first-order valence-corrected chi connectivity index (χ1v) is 2.51. The summed E-state index contributed by atoms with van der Waals surface area (Å²) in [7, 11) is 0. The predicted molar refractivity (Wildman–Crippen MR) is 40.0 cm³/mol. The van der Waals surface area contributed by atoms with Gasteiger partial charge in [-0.15, -0.1) is 6.42 Å². The molecule has 0 rings (SSSR count). The van der Waals surface area contributed by atoms with Gasteiger partial charge in [-0.1, -0.05) is 13.8 Å². The van der Waals surface area contributed by atoms with E-state index in [4.69, 9.17) is 14.7 Å². The molecule has 0 saturated heterocycles. The summed E-state index contributed by atoms with van der Waals surface area (Å²) in [6.07, 6.45) is 2.57. The van der Waals surface area contributed by atoms with Crippen molar-refractivity contribution in [3.8, 4) is 0 Å². The van der Waals surface area contributed by atoms with Crippen molar-refractivity contribution in [1.82, 2.24) is 0 Å². The zero-order chi connectivity index (χ0) is 8.24. The van der Waals surface area contributed by atoms with E-state index >= 15 is 0 Å². The molecule has 0 aliphatic carbocycles. The van der Waals surface area contributed by atoms with Gasteiger partial charge in [0.05, 0.1) is 12.6 Å².